The summed E-state index contributed by atoms with van der Waals surface area (Å²) in [6, 6.07) is 6.06. The molecule has 1 aromatic heterocycles. The van der Waals surface area contributed by atoms with Crippen molar-refractivity contribution in [3.63, 3.8) is 0 Å². The molecule has 2 aromatic rings. The minimum Gasteiger partial charge on any atom is -0.380 e. The fourth-order valence-electron chi connectivity index (χ4n) is 1.69. The number of halogens is 2. The van der Waals surface area contributed by atoms with Gasteiger partial charge in [-0.3, -0.25) is 4.98 Å². The molecule has 0 saturated heterocycles. The van der Waals surface area contributed by atoms with Crippen molar-refractivity contribution in [1.29, 1.82) is 0 Å². The molecule has 4 heteroatoms. The fraction of sp³-hybridized carbons (Fsp3) is 0.214. The number of hydrogen-bond donors (Lipinski definition) is 1. The highest BCUT2D eigenvalue weighted by molar-refractivity contribution is 9.10. The van der Waals surface area contributed by atoms with Crippen molar-refractivity contribution >= 4 is 33.2 Å². The molecular weight excluding hydrogens is 312 g/mol. The van der Waals surface area contributed by atoms with Crippen molar-refractivity contribution in [1.82, 2.24) is 4.98 Å². The Bertz CT molecular complexity index is 570. The van der Waals surface area contributed by atoms with Crippen LogP contribution in [0.15, 0.2) is 35.1 Å². The van der Waals surface area contributed by atoms with Gasteiger partial charge in [0.05, 0.1) is 5.69 Å². The number of aromatic nitrogens is 1. The second kappa shape index (κ2) is 5.72. The summed E-state index contributed by atoms with van der Waals surface area (Å²) in [5, 5.41) is 4.12. The van der Waals surface area contributed by atoms with Gasteiger partial charge >= 0.3 is 0 Å². The molecule has 2 nitrogen and oxygen atoms in total. The van der Waals surface area contributed by atoms with Crippen LogP contribution >= 0.6 is 27.5 Å². The van der Waals surface area contributed by atoms with E-state index in [-0.39, 0.29) is 0 Å². The summed E-state index contributed by atoms with van der Waals surface area (Å²) in [4.78, 5) is 4.17. The summed E-state index contributed by atoms with van der Waals surface area (Å²) in [5.74, 6) is 0. The highest BCUT2D eigenvalue weighted by Gasteiger charge is 2.04. The molecule has 94 valence electrons. The maximum Gasteiger partial charge on any atom is 0.0502 e. The van der Waals surface area contributed by atoms with Crippen LogP contribution in [0.2, 0.25) is 5.02 Å². The summed E-state index contributed by atoms with van der Waals surface area (Å²) in [6.45, 7) is 4.75. The predicted molar refractivity (Wildman–Crippen MR) is 80.2 cm³/mol. The van der Waals surface area contributed by atoms with Crippen molar-refractivity contribution < 1.29 is 0 Å². The Hall–Kier alpha value is -1.06. The Balaban J connectivity index is 2.13. The van der Waals surface area contributed by atoms with Gasteiger partial charge in [0.1, 0.15) is 0 Å². The average Bonchev–Trinajstić information content (AvgIpc) is 2.32. The number of aryl methyl sites for hydroxylation is 2. The third-order valence-corrected chi connectivity index (χ3v) is 3.73. The van der Waals surface area contributed by atoms with Gasteiger partial charge < -0.3 is 5.32 Å². The van der Waals surface area contributed by atoms with Crippen LogP contribution in [0.4, 0.5) is 5.69 Å². The maximum absolute atomic E-state index is 6.12. The van der Waals surface area contributed by atoms with Crippen LogP contribution in [0.3, 0.4) is 0 Å². The average molecular weight is 326 g/mol. The van der Waals surface area contributed by atoms with Crippen LogP contribution in [0.25, 0.3) is 0 Å². The molecule has 1 heterocycles. The molecule has 18 heavy (non-hydrogen) atoms. The number of nitrogens with zero attached hydrogens (tertiary/aromatic N) is 1. The van der Waals surface area contributed by atoms with Crippen LogP contribution < -0.4 is 5.32 Å². The molecule has 0 fully saturated rings. The molecule has 0 spiro atoms. The van der Waals surface area contributed by atoms with Gasteiger partial charge in [-0.25, -0.2) is 0 Å². The lowest BCUT2D eigenvalue weighted by Crippen LogP contribution is -2.01. The second-order valence-corrected chi connectivity index (χ2v) is 5.57. The molecule has 0 atom stereocenters. The lowest BCUT2D eigenvalue weighted by Gasteiger charge is -2.10. The Morgan fingerprint density at radius 2 is 2.00 bits per heavy atom. The molecule has 2 rings (SSSR count). The summed E-state index contributed by atoms with van der Waals surface area (Å²) in [5.41, 5.74) is 4.37. The number of hydrogen-bond acceptors (Lipinski definition) is 2. The number of anilines is 1. The fourth-order valence-corrected chi connectivity index (χ4v) is 2.45. The van der Waals surface area contributed by atoms with E-state index in [1.807, 2.05) is 38.4 Å². The highest BCUT2D eigenvalue weighted by atomic mass is 79.9. The van der Waals surface area contributed by atoms with E-state index < -0.39 is 0 Å². The summed E-state index contributed by atoms with van der Waals surface area (Å²) < 4.78 is 1.02. The predicted octanol–water partition coefficient (Wildman–Crippen LogP) is 4.73. The molecular formula is C14H14BrClN2. The molecule has 0 aliphatic heterocycles. The zero-order chi connectivity index (χ0) is 13.1. The van der Waals surface area contributed by atoms with Gasteiger partial charge in [0.15, 0.2) is 0 Å². The van der Waals surface area contributed by atoms with Gasteiger partial charge in [0.25, 0.3) is 0 Å². The quantitative estimate of drug-likeness (QED) is 0.882. The Morgan fingerprint density at radius 3 is 2.72 bits per heavy atom. The van der Waals surface area contributed by atoms with E-state index in [0.29, 0.717) is 0 Å². The number of pyridine rings is 1. The second-order valence-electron chi connectivity index (χ2n) is 4.31. The molecule has 0 aliphatic rings. The first kappa shape index (κ1) is 13.4. The lowest BCUT2D eigenvalue weighted by molar-refractivity contribution is 1.09. The normalized spacial score (nSPS) is 10.4. The smallest absolute Gasteiger partial charge is 0.0502 e. The maximum atomic E-state index is 6.12. The summed E-state index contributed by atoms with van der Waals surface area (Å²) in [7, 11) is 0. The first-order valence-corrected chi connectivity index (χ1v) is 6.83. The zero-order valence-electron chi connectivity index (χ0n) is 10.3. The van der Waals surface area contributed by atoms with Crippen LogP contribution in [0.5, 0.6) is 0 Å². The van der Waals surface area contributed by atoms with E-state index in [2.05, 4.69) is 32.3 Å². The Kier molecular flexibility index (Phi) is 4.25. The Labute approximate surface area is 121 Å². The van der Waals surface area contributed by atoms with E-state index in [1.54, 1.807) is 0 Å². The molecule has 0 aliphatic carbocycles. The van der Waals surface area contributed by atoms with E-state index in [9.17, 15) is 0 Å². The van der Waals surface area contributed by atoms with Crippen molar-refractivity contribution in [2.75, 3.05) is 5.32 Å². The zero-order valence-corrected chi connectivity index (χ0v) is 12.6. The van der Waals surface area contributed by atoms with Crippen molar-refractivity contribution in [3.05, 3.63) is 56.8 Å². The monoisotopic (exact) mass is 324 g/mol. The number of rotatable bonds is 3. The largest absolute Gasteiger partial charge is 0.380 e. The van der Waals surface area contributed by atoms with Gasteiger partial charge in [-0.15, -0.1) is 0 Å². The van der Waals surface area contributed by atoms with Gasteiger partial charge in [-0.1, -0.05) is 17.7 Å². The van der Waals surface area contributed by atoms with E-state index in [0.717, 1.165) is 38.4 Å². The summed E-state index contributed by atoms with van der Waals surface area (Å²) >= 11 is 9.65. The standard InChI is InChI=1S/C14H14BrClN2/c1-9-3-11(7-17-6-9)8-18-14-5-13(16)10(2)4-12(14)15/h3-7,18H,8H2,1-2H3. The molecule has 0 unspecified atom stereocenters. The summed E-state index contributed by atoms with van der Waals surface area (Å²) in [6.07, 6.45) is 3.71. The van der Waals surface area contributed by atoms with E-state index >= 15 is 0 Å². The van der Waals surface area contributed by atoms with Crippen LogP contribution in [0, 0.1) is 13.8 Å². The SMILES string of the molecule is Cc1cncc(CNc2cc(Cl)c(C)cc2Br)c1. The topological polar surface area (TPSA) is 24.9 Å². The molecule has 0 saturated carbocycles. The molecule has 0 amide bonds. The Morgan fingerprint density at radius 1 is 1.22 bits per heavy atom. The first-order valence-electron chi connectivity index (χ1n) is 5.66. The van der Waals surface area contributed by atoms with Crippen molar-refractivity contribution in [2.45, 2.75) is 20.4 Å². The minimum absolute atomic E-state index is 0.729. The van der Waals surface area contributed by atoms with Crippen LogP contribution in [-0.4, -0.2) is 4.98 Å². The van der Waals surface area contributed by atoms with Crippen LogP contribution in [0.1, 0.15) is 16.7 Å². The first-order chi connectivity index (χ1) is 8.56. The number of benzene rings is 1. The van der Waals surface area contributed by atoms with E-state index in [4.69, 9.17) is 11.6 Å². The highest BCUT2D eigenvalue weighted by Crippen LogP contribution is 2.29. The van der Waals surface area contributed by atoms with E-state index in [1.165, 1.54) is 0 Å². The van der Waals surface area contributed by atoms with Gasteiger partial charge in [-0.05, 0) is 58.6 Å². The van der Waals surface area contributed by atoms with Crippen LogP contribution in [-0.2, 0) is 6.54 Å². The number of nitrogens with one attached hydrogen (secondary N) is 1. The third-order valence-electron chi connectivity index (χ3n) is 2.66. The van der Waals surface area contributed by atoms with Crippen molar-refractivity contribution in [2.24, 2.45) is 0 Å². The molecule has 0 radical (unpaired) electrons. The third kappa shape index (κ3) is 3.24. The minimum atomic E-state index is 0.729. The van der Waals surface area contributed by atoms with Gasteiger partial charge in [-0.2, -0.15) is 0 Å². The van der Waals surface area contributed by atoms with Gasteiger partial charge in [0.2, 0.25) is 0 Å². The molecule has 0 bridgehead atoms. The molecule has 1 aromatic carbocycles. The van der Waals surface area contributed by atoms with Crippen molar-refractivity contribution in [3.8, 4) is 0 Å². The molecule has 1 N–H and O–H groups in total. The lowest BCUT2D eigenvalue weighted by atomic mass is 10.2. The van der Waals surface area contributed by atoms with Gasteiger partial charge in [0, 0.05) is 28.4 Å².